The number of hydrogen-bond acceptors (Lipinski definition) is 5. The highest BCUT2D eigenvalue weighted by molar-refractivity contribution is 5.48. The predicted molar refractivity (Wildman–Crippen MR) is 99.8 cm³/mol. The monoisotopic (exact) mass is 342 g/mol. The van der Waals surface area contributed by atoms with E-state index in [0.717, 1.165) is 67.7 Å². The third kappa shape index (κ3) is 3.64. The van der Waals surface area contributed by atoms with Gasteiger partial charge in [0.05, 0.1) is 6.54 Å². The first kappa shape index (κ1) is 16.8. The molecule has 2 aliphatic rings. The maximum atomic E-state index is 4.83. The summed E-state index contributed by atoms with van der Waals surface area (Å²) in [7, 11) is 0. The van der Waals surface area contributed by atoms with Crippen molar-refractivity contribution in [1.82, 2.24) is 24.5 Å². The number of piperidine rings is 2. The number of aryl methyl sites for hydroxylation is 1. The van der Waals surface area contributed by atoms with Gasteiger partial charge in [0.1, 0.15) is 5.82 Å². The summed E-state index contributed by atoms with van der Waals surface area (Å²) >= 11 is 0. The van der Waals surface area contributed by atoms with Crippen molar-refractivity contribution in [3.63, 3.8) is 0 Å². The highest BCUT2D eigenvalue weighted by Crippen LogP contribution is 2.24. The van der Waals surface area contributed by atoms with Gasteiger partial charge in [-0.1, -0.05) is 13.8 Å². The van der Waals surface area contributed by atoms with Crippen LogP contribution in [0.1, 0.15) is 51.0 Å². The lowest BCUT2D eigenvalue weighted by atomic mass is 9.99. The fourth-order valence-electron chi connectivity index (χ4n) is 4.17. The van der Waals surface area contributed by atoms with Crippen molar-refractivity contribution in [2.75, 3.05) is 31.1 Å². The molecule has 0 aromatic carbocycles. The molecule has 2 aromatic rings. The van der Waals surface area contributed by atoms with E-state index in [1.165, 1.54) is 25.7 Å². The first-order valence-corrected chi connectivity index (χ1v) is 9.79. The van der Waals surface area contributed by atoms with E-state index in [2.05, 4.69) is 41.6 Å². The van der Waals surface area contributed by atoms with E-state index >= 15 is 0 Å². The third-order valence-electron chi connectivity index (χ3n) is 5.68. The van der Waals surface area contributed by atoms with Crippen LogP contribution in [0.4, 0.5) is 5.82 Å². The largest absolute Gasteiger partial charge is 0.356 e. The van der Waals surface area contributed by atoms with Gasteiger partial charge in [-0.05, 0) is 51.0 Å². The third-order valence-corrected chi connectivity index (χ3v) is 5.68. The summed E-state index contributed by atoms with van der Waals surface area (Å²) < 4.78 is 1.96. The smallest absolute Gasteiger partial charge is 0.254 e. The molecule has 0 radical (unpaired) electrons. The Kier molecular flexibility index (Phi) is 4.63. The van der Waals surface area contributed by atoms with Crippen molar-refractivity contribution >= 4 is 11.6 Å². The van der Waals surface area contributed by atoms with Crippen LogP contribution in [-0.4, -0.2) is 50.7 Å². The molecule has 4 heterocycles. The van der Waals surface area contributed by atoms with Crippen LogP contribution in [0, 0.1) is 18.8 Å². The van der Waals surface area contributed by atoms with Gasteiger partial charge < -0.3 is 4.90 Å². The van der Waals surface area contributed by atoms with Crippen LogP contribution in [-0.2, 0) is 6.54 Å². The molecule has 2 aliphatic heterocycles. The predicted octanol–water partition coefficient (Wildman–Crippen LogP) is 2.90. The fourth-order valence-corrected chi connectivity index (χ4v) is 4.17. The minimum Gasteiger partial charge on any atom is -0.356 e. The lowest BCUT2D eigenvalue weighted by molar-refractivity contribution is 0.173. The zero-order valence-corrected chi connectivity index (χ0v) is 15.8. The molecule has 4 rings (SSSR count). The Morgan fingerprint density at radius 1 is 1.04 bits per heavy atom. The van der Waals surface area contributed by atoms with E-state index in [0.29, 0.717) is 0 Å². The van der Waals surface area contributed by atoms with Crippen molar-refractivity contribution < 1.29 is 0 Å². The average molecular weight is 342 g/mol. The van der Waals surface area contributed by atoms with Gasteiger partial charge in [-0.3, -0.25) is 4.90 Å². The van der Waals surface area contributed by atoms with Crippen LogP contribution in [0.2, 0.25) is 0 Å². The Hall–Kier alpha value is -1.69. The van der Waals surface area contributed by atoms with Gasteiger partial charge in [0.25, 0.3) is 5.78 Å². The summed E-state index contributed by atoms with van der Waals surface area (Å²) in [6.07, 6.45) is 5.11. The molecule has 0 aliphatic carbocycles. The second-order valence-corrected chi connectivity index (χ2v) is 8.15. The normalized spacial score (nSPS) is 23.5. The van der Waals surface area contributed by atoms with Gasteiger partial charge in [-0.2, -0.15) is 9.50 Å². The summed E-state index contributed by atoms with van der Waals surface area (Å²) in [4.78, 5) is 14.3. The van der Waals surface area contributed by atoms with Gasteiger partial charge in [0, 0.05) is 31.4 Å². The topological polar surface area (TPSA) is 49.6 Å². The maximum Gasteiger partial charge on any atom is 0.254 e. The SMILES string of the molecule is Cc1cc(N2CCC(C)CC2)n2nc(CN3CCC[C@H](C)C3)nc2n1. The summed E-state index contributed by atoms with van der Waals surface area (Å²) in [5.41, 5.74) is 1.02. The Balaban J connectivity index is 1.60. The van der Waals surface area contributed by atoms with Crippen LogP contribution in [0.15, 0.2) is 6.07 Å². The Morgan fingerprint density at radius 2 is 1.84 bits per heavy atom. The number of rotatable bonds is 3. The zero-order valence-electron chi connectivity index (χ0n) is 15.8. The Labute approximate surface area is 150 Å². The molecule has 2 aromatic heterocycles. The van der Waals surface area contributed by atoms with Gasteiger partial charge in [-0.25, -0.2) is 4.98 Å². The second kappa shape index (κ2) is 6.90. The van der Waals surface area contributed by atoms with E-state index in [1.54, 1.807) is 0 Å². The summed E-state index contributed by atoms with van der Waals surface area (Å²) in [6, 6.07) is 2.16. The molecule has 2 fully saturated rings. The molecule has 0 amide bonds. The quantitative estimate of drug-likeness (QED) is 0.858. The van der Waals surface area contributed by atoms with Gasteiger partial charge in [0.15, 0.2) is 5.82 Å². The van der Waals surface area contributed by atoms with Gasteiger partial charge in [0.2, 0.25) is 0 Å². The van der Waals surface area contributed by atoms with Crippen molar-refractivity contribution in [2.24, 2.45) is 11.8 Å². The number of likely N-dealkylation sites (tertiary alicyclic amines) is 1. The maximum absolute atomic E-state index is 4.83. The standard InChI is InChI=1S/C19H30N6/c1-14-6-9-24(10-7-14)18-11-16(3)20-19-21-17(22-25(18)19)13-23-8-4-5-15(2)12-23/h11,14-15H,4-10,12-13H2,1-3H3/t15-/m0/s1. The molecule has 0 saturated carbocycles. The van der Waals surface area contributed by atoms with Crippen LogP contribution < -0.4 is 4.90 Å². The number of fused-ring (bicyclic) bond motifs is 1. The van der Waals surface area contributed by atoms with Crippen LogP contribution in [0.5, 0.6) is 0 Å². The van der Waals surface area contributed by atoms with Crippen molar-refractivity contribution in [1.29, 1.82) is 0 Å². The Bertz CT molecular complexity index is 731. The molecule has 6 nitrogen and oxygen atoms in total. The first-order chi connectivity index (χ1) is 12.1. The molecule has 0 N–H and O–H groups in total. The highest BCUT2D eigenvalue weighted by Gasteiger charge is 2.22. The summed E-state index contributed by atoms with van der Waals surface area (Å²) in [5.74, 6) is 4.40. The minimum absolute atomic E-state index is 0.744. The summed E-state index contributed by atoms with van der Waals surface area (Å²) in [6.45, 7) is 12.1. The van der Waals surface area contributed by atoms with Crippen molar-refractivity contribution in [2.45, 2.75) is 53.0 Å². The lowest BCUT2D eigenvalue weighted by Crippen LogP contribution is -2.34. The molecule has 25 heavy (non-hydrogen) atoms. The lowest BCUT2D eigenvalue weighted by Gasteiger charge is -2.32. The zero-order chi connectivity index (χ0) is 17.4. The number of anilines is 1. The molecule has 136 valence electrons. The fraction of sp³-hybridized carbons (Fsp3) is 0.737. The number of hydrogen-bond donors (Lipinski definition) is 0. The Morgan fingerprint density at radius 3 is 2.60 bits per heavy atom. The van der Waals surface area contributed by atoms with Crippen molar-refractivity contribution in [3.05, 3.63) is 17.6 Å². The molecular weight excluding hydrogens is 312 g/mol. The molecule has 2 saturated heterocycles. The van der Waals surface area contributed by atoms with E-state index < -0.39 is 0 Å². The summed E-state index contributed by atoms with van der Waals surface area (Å²) in [5, 5.41) is 4.83. The van der Waals surface area contributed by atoms with Crippen molar-refractivity contribution in [3.8, 4) is 0 Å². The van der Waals surface area contributed by atoms with E-state index in [-0.39, 0.29) is 0 Å². The molecule has 1 atom stereocenters. The van der Waals surface area contributed by atoms with Crippen LogP contribution in [0.3, 0.4) is 0 Å². The molecular formula is C19H30N6. The number of nitrogens with zero attached hydrogens (tertiary/aromatic N) is 6. The van der Waals surface area contributed by atoms with Crippen LogP contribution >= 0.6 is 0 Å². The second-order valence-electron chi connectivity index (χ2n) is 8.15. The van der Waals surface area contributed by atoms with E-state index in [9.17, 15) is 0 Å². The van der Waals surface area contributed by atoms with Crippen LogP contribution in [0.25, 0.3) is 5.78 Å². The van der Waals surface area contributed by atoms with E-state index in [4.69, 9.17) is 10.1 Å². The molecule has 0 bridgehead atoms. The first-order valence-electron chi connectivity index (χ1n) is 9.79. The highest BCUT2D eigenvalue weighted by atomic mass is 15.4. The number of aromatic nitrogens is 4. The average Bonchev–Trinajstić information content (AvgIpc) is 2.97. The molecule has 0 unspecified atom stereocenters. The van der Waals surface area contributed by atoms with E-state index in [1.807, 2.05) is 4.52 Å². The van der Waals surface area contributed by atoms with Gasteiger partial charge >= 0.3 is 0 Å². The molecule has 0 spiro atoms. The molecule has 6 heteroatoms. The minimum atomic E-state index is 0.744. The van der Waals surface area contributed by atoms with Gasteiger partial charge in [-0.15, -0.1) is 5.10 Å².